The molecule has 1 aliphatic heterocycles. The highest BCUT2D eigenvalue weighted by atomic mass is 19.1. The van der Waals surface area contributed by atoms with Crippen LogP contribution in [0.25, 0.3) is 0 Å². The van der Waals surface area contributed by atoms with E-state index in [0.717, 1.165) is 0 Å². The number of nitrogens with zero attached hydrogens (tertiary/aromatic N) is 1. The molecule has 5 nitrogen and oxygen atoms in total. The molecule has 1 aliphatic rings. The number of carboxylic acids is 1. The van der Waals surface area contributed by atoms with Gasteiger partial charge < -0.3 is 14.7 Å². The van der Waals surface area contributed by atoms with Crippen LogP contribution in [0.3, 0.4) is 0 Å². The van der Waals surface area contributed by atoms with Gasteiger partial charge in [-0.1, -0.05) is 6.07 Å². The minimum Gasteiger partial charge on any atom is -0.481 e. The van der Waals surface area contributed by atoms with Gasteiger partial charge in [-0.2, -0.15) is 0 Å². The maximum Gasteiger partial charge on any atom is 0.311 e. The number of aryl methyl sites for hydroxylation is 1. The molecule has 0 aliphatic carbocycles. The fourth-order valence-corrected chi connectivity index (χ4v) is 2.33. The molecule has 1 heterocycles. The highest BCUT2D eigenvalue weighted by Crippen LogP contribution is 2.22. The van der Waals surface area contributed by atoms with E-state index < -0.39 is 29.7 Å². The Bertz CT molecular complexity index is 546. The number of carbonyl (C=O) groups excluding carboxylic acids is 1. The predicted octanol–water partition coefficient (Wildman–Crippen LogP) is 1.31. The largest absolute Gasteiger partial charge is 0.481 e. The summed E-state index contributed by atoms with van der Waals surface area (Å²) < 4.78 is 18.4. The van der Waals surface area contributed by atoms with E-state index in [2.05, 4.69) is 0 Å². The molecule has 1 N–H and O–H groups in total. The minimum absolute atomic E-state index is 0.0831. The van der Waals surface area contributed by atoms with Gasteiger partial charge in [-0.05, 0) is 24.6 Å². The van der Waals surface area contributed by atoms with Gasteiger partial charge in [0.05, 0.1) is 19.3 Å². The van der Waals surface area contributed by atoms with E-state index in [1.807, 2.05) is 0 Å². The van der Waals surface area contributed by atoms with E-state index in [0.29, 0.717) is 5.56 Å². The molecule has 0 saturated carbocycles. The number of ether oxygens (including phenoxy) is 1. The van der Waals surface area contributed by atoms with Crippen molar-refractivity contribution in [3.05, 3.63) is 35.1 Å². The van der Waals surface area contributed by atoms with Crippen molar-refractivity contribution in [3.63, 3.8) is 0 Å². The van der Waals surface area contributed by atoms with E-state index in [1.54, 1.807) is 6.92 Å². The lowest BCUT2D eigenvalue weighted by Crippen LogP contribution is -2.44. The van der Waals surface area contributed by atoms with Crippen molar-refractivity contribution in [1.82, 2.24) is 4.90 Å². The van der Waals surface area contributed by atoms with Gasteiger partial charge in [0.15, 0.2) is 0 Å². The second kappa shape index (κ2) is 5.58. The number of halogens is 1. The molecule has 1 amide bonds. The van der Waals surface area contributed by atoms with Crippen molar-refractivity contribution >= 4 is 11.9 Å². The second-order valence-corrected chi connectivity index (χ2v) is 4.92. The number of hydrogen-bond acceptors (Lipinski definition) is 3. The third kappa shape index (κ3) is 2.65. The third-order valence-corrected chi connectivity index (χ3v) is 3.62. The van der Waals surface area contributed by atoms with E-state index in [9.17, 15) is 14.0 Å². The van der Waals surface area contributed by atoms with Crippen molar-refractivity contribution in [2.24, 2.45) is 5.92 Å². The van der Waals surface area contributed by atoms with Crippen LogP contribution >= 0.6 is 0 Å². The Hall–Kier alpha value is -1.95. The summed E-state index contributed by atoms with van der Waals surface area (Å²) in [5, 5.41) is 9.11. The molecule has 0 bridgehead atoms. The Morgan fingerprint density at radius 3 is 2.75 bits per heavy atom. The average molecular weight is 281 g/mol. The molecule has 1 aromatic rings. The summed E-state index contributed by atoms with van der Waals surface area (Å²) >= 11 is 0. The average Bonchev–Trinajstić information content (AvgIpc) is 2.89. The Morgan fingerprint density at radius 1 is 1.40 bits per heavy atom. The summed E-state index contributed by atoms with van der Waals surface area (Å²) in [6.45, 7) is 1.97. The fraction of sp³-hybridized carbons (Fsp3) is 0.429. The van der Waals surface area contributed by atoms with Gasteiger partial charge in [0.25, 0.3) is 5.91 Å². The van der Waals surface area contributed by atoms with E-state index in [-0.39, 0.29) is 18.8 Å². The van der Waals surface area contributed by atoms with Gasteiger partial charge in [-0.25, -0.2) is 4.39 Å². The zero-order chi connectivity index (χ0) is 14.9. The van der Waals surface area contributed by atoms with Crippen LogP contribution in [0.5, 0.6) is 0 Å². The number of carbonyl (C=O) groups is 2. The summed E-state index contributed by atoms with van der Waals surface area (Å²) in [5.41, 5.74) is 0.887. The Kier molecular flexibility index (Phi) is 4.04. The summed E-state index contributed by atoms with van der Waals surface area (Å²) in [6.07, 6.45) is 0. The van der Waals surface area contributed by atoms with Crippen LogP contribution in [0, 0.1) is 18.7 Å². The number of carboxylic acid groups (broad SMARTS) is 1. The first kappa shape index (κ1) is 14.5. The molecular weight excluding hydrogens is 265 g/mol. The summed E-state index contributed by atoms with van der Waals surface area (Å²) in [7, 11) is 1.52. The Balaban J connectivity index is 2.24. The topological polar surface area (TPSA) is 66.8 Å². The summed E-state index contributed by atoms with van der Waals surface area (Å²) in [5.74, 6) is -2.64. The zero-order valence-corrected chi connectivity index (χ0v) is 11.3. The molecule has 1 aromatic carbocycles. The van der Waals surface area contributed by atoms with Crippen molar-refractivity contribution in [2.45, 2.75) is 13.0 Å². The normalized spacial score (nSPS) is 21.8. The molecule has 1 saturated heterocycles. The van der Waals surface area contributed by atoms with Crippen LogP contribution in [0.4, 0.5) is 4.39 Å². The number of hydrogen-bond donors (Lipinski definition) is 1. The molecule has 108 valence electrons. The molecule has 0 aromatic heterocycles. The number of rotatable bonds is 3. The van der Waals surface area contributed by atoms with Crippen LogP contribution in [0.15, 0.2) is 18.2 Å². The lowest BCUT2D eigenvalue weighted by molar-refractivity contribution is -0.142. The number of aliphatic carboxylic acids is 1. The van der Waals surface area contributed by atoms with E-state index in [1.165, 1.54) is 30.1 Å². The van der Waals surface area contributed by atoms with Gasteiger partial charge in [0.2, 0.25) is 0 Å². The zero-order valence-electron chi connectivity index (χ0n) is 11.3. The summed E-state index contributed by atoms with van der Waals surface area (Å²) in [4.78, 5) is 24.8. The smallest absolute Gasteiger partial charge is 0.311 e. The van der Waals surface area contributed by atoms with Crippen LogP contribution in [0.1, 0.15) is 15.9 Å². The maximum atomic E-state index is 13.3. The number of amides is 1. The molecule has 1 fully saturated rings. The van der Waals surface area contributed by atoms with Crippen molar-refractivity contribution in [1.29, 1.82) is 0 Å². The fourth-order valence-electron chi connectivity index (χ4n) is 2.33. The number of benzene rings is 1. The molecule has 20 heavy (non-hydrogen) atoms. The standard InChI is InChI=1S/C14H16FNO4/c1-8-3-4-9(15)5-10(8)13(17)16(2)12-7-20-6-11(12)14(18)19/h3-5,11-12H,6-7H2,1-2H3,(H,18,19). The first-order valence-electron chi connectivity index (χ1n) is 6.25. The van der Waals surface area contributed by atoms with Crippen molar-refractivity contribution < 1.29 is 23.8 Å². The van der Waals surface area contributed by atoms with Crippen LogP contribution in [-0.2, 0) is 9.53 Å². The molecular formula is C14H16FNO4. The third-order valence-electron chi connectivity index (χ3n) is 3.62. The van der Waals surface area contributed by atoms with Gasteiger partial charge in [-0.15, -0.1) is 0 Å². The maximum absolute atomic E-state index is 13.3. The van der Waals surface area contributed by atoms with Crippen LogP contribution < -0.4 is 0 Å². The summed E-state index contributed by atoms with van der Waals surface area (Å²) in [6, 6.07) is 3.43. The highest BCUT2D eigenvalue weighted by molar-refractivity contribution is 5.96. The van der Waals surface area contributed by atoms with E-state index in [4.69, 9.17) is 9.84 Å². The minimum atomic E-state index is -0.997. The highest BCUT2D eigenvalue weighted by Gasteiger charge is 2.38. The van der Waals surface area contributed by atoms with Crippen molar-refractivity contribution in [2.75, 3.05) is 20.3 Å². The Morgan fingerprint density at radius 2 is 2.10 bits per heavy atom. The van der Waals surface area contributed by atoms with Crippen LogP contribution in [0.2, 0.25) is 0 Å². The van der Waals surface area contributed by atoms with Crippen LogP contribution in [-0.4, -0.2) is 48.2 Å². The van der Waals surface area contributed by atoms with Gasteiger partial charge in [0.1, 0.15) is 11.7 Å². The quantitative estimate of drug-likeness (QED) is 0.907. The number of likely N-dealkylation sites (N-methyl/N-ethyl adjacent to an activating group) is 1. The molecule has 2 atom stereocenters. The van der Waals surface area contributed by atoms with Gasteiger partial charge in [-0.3, -0.25) is 9.59 Å². The Labute approximate surface area is 116 Å². The predicted molar refractivity (Wildman–Crippen MR) is 69.0 cm³/mol. The molecule has 0 radical (unpaired) electrons. The molecule has 2 unspecified atom stereocenters. The molecule has 2 rings (SSSR count). The first-order valence-corrected chi connectivity index (χ1v) is 6.25. The first-order chi connectivity index (χ1) is 9.41. The second-order valence-electron chi connectivity index (χ2n) is 4.92. The lowest BCUT2D eigenvalue weighted by Gasteiger charge is -2.27. The monoisotopic (exact) mass is 281 g/mol. The molecule has 6 heteroatoms. The SMILES string of the molecule is Cc1ccc(F)cc1C(=O)N(C)C1COCC1C(=O)O. The van der Waals surface area contributed by atoms with Crippen molar-refractivity contribution in [3.8, 4) is 0 Å². The van der Waals surface area contributed by atoms with Gasteiger partial charge >= 0.3 is 5.97 Å². The van der Waals surface area contributed by atoms with Gasteiger partial charge in [0, 0.05) is 12.6 Å². The molecule has 0 spiro atoms. The van der Waals surface area contributed by atoms with E-state index >= 15 is 0 Å². The lowest BCUT2D eigenvalue weighted by atomic mass is 10.0.